The molecule has 0 amide bonds. The third-order valence-corrected chi connectivity index (χ3v) is 3.26. The summed E-state index contributed by atoms with van der Waals surface area (Å²) in [5.41, 5.74) is 8.60. The fourth-order valence-electron chi connectivity index (χ4n) is 2.02. The average molecular weight is 251 g/mol. The van der Waals surface area contributed by atoms with Crippen LogP contribution in [-0.2, 0) is 11.2 Å². The van der Waals surface area contributed by atoms with E-state index in [4.69, 9.17) is 15.2 Å². The standard InChI is InChI=1S/C15H25NO2/c1-11-5-8-15(18-4)13(9-11)10-14(16)7-6-12(2)17-3/h5,8-9,12,14H,6-7,10,16H2,1-4H3. The molecule has 0 aliphatic carbocycles. The highest BCUT2D eigenvalue weighted by atomic mass is 16.5. The molecule has 0 aliphatic heterocycles. The highest BCUT2D eigenvalue weighted by Crippen LogP contribution is 2.21. The molecule has 0 spiro atoms. The smallest absolute Gasteiger partial charge is 0.122 e. The van der Waals surface area contributed by atoms with E-state index in [-0.39, 0.29) is 12.1 Å². The lowest BCUT2D eigenvalue weighted by Gasteiger charge is -2.16. The number of rotatable bonds is 7. The van der Waals surface area contributed by atoms with Crippen LogP contribution in [0.25, 0.3) is 0 Å². The monoisotopic (exact) mass is 251 g/mol. The largest absolute Gasteiger partial charge is 0.496 e. The zero-order valence-electron chi connectivity index (χ0n) is 11.9. The molecule has 102 valence electrons. The third kappa shape index (κ3) is 4.67. The van der Waals surface area contributed by atoms with Crippen molar-refractivity contribution in [2.24, 2.45) is 5.73 Å². The average Bonchev–Trinajstić information content (AvgIpc) is 2.36. The van der Waals surface area contributed by atoms with Crippen molar-refractivity contribution in [3.8, 4) is 5.75 Å². The van der Waals surface area contributed by atoms with E-state index >= 15 is 0 Å². The van der Waals surface area contributed by atoms with Gasteiger partial charge in [-0.2, -0.15) is 0 Å². The Labute approximate surface area is 110 Å². The maximum Gasteiger partial charge on any atom is 0.122 e. The van der Waals surface area contributed by atoms with E-state index in [0.717, 1.165) is 25.0 Å². The van der Waals surface area contributed by atoms with Crippen LogP contribution >= 0.6 is 0 Å². The summed E-state index contributed by atoms with van der Waals surface area (Å²) < 4.78 is 10.6. The van der Waals surface area contributed by atoms with E-state index in [1.165, 1.54) is 11.1 Å². The molecule has 2 N–H and O–H groups in total. The summed E-state index contributed by atoms with van der Waals surface area (Å²) in [6, 6.07) is 6.37. The fraction of sp³-hybridized carbons (Fsp3) is 0.600. The van der Waals surface area contributed by atoms with Crippen molar-refractivity contribution in [3.63, 3.8) is 0 Å². The highest BCUT2D eigenvalue weighted by molar-refractivity contribution is 5.37. The minimum absolute atomic E-state index is 0.151. The molecule has 2 unspecified atom stereocenters. The van der Waals surface area contributed by atoms with E-state index in [1.54, 1.807) is 14.2 Å². The summed E-state index contributed by atoms with van der Waals surface area (Å²) in [5.74, 6) is 0.927. The van der Waals surface area contributed by atoms with Crippen LogP contribution in [-0.4, -0.2) is 26.4 Å². The van der Waals surface area contributed by atoms with Gasteiger partial charge < -0.3 is 15.2 Å². The molecule has 3 nitrogen and oxygen atoms in total. The van der Waals surface area contributed by atoms with E-state index in [0.29, 0.717) is 0 Å². The normalized spacial score (nSPS) is 14.3. The predicted molar refractivity (Wildman–Crippen MR) is 75.1 cm³/mol. The van der Waals surface area contributed by atoms with E-state index < -0.39 is 0 Å². The summed E-state index contributed by atoms with van der Waals surface area (Å²) in [4.78, 5) is 0. The van der Waals surface area contributed by atoms with Gasteiger partial charge in [0.1, 0.15) is 5.75 Å². The second kappa shape index (κ2) is 7.39. The number of hydrogen-bond acceptors (Lipinski definition) is 3. The molecule has 1 rings (SSSR count). The van der Waals surface area contributed by atoms with Gasteiger partial charge in [0.15, 0.2) is 0 Å². The molecule has 18 heavy (non-hydrogen) atoms. The van der Waals surface area contributed by atoms with E-state index in [1.807, 2.05) is 6.07 Å². The minimum atomic E-state index is 0.151. The molecule has 0 saturated carbocycles. The molecule has 0 aromatic heterocycles. The number of benzene rings is 1. The highest BCUT2D eigenvalue weighted by Gasteiger charge is 2.10. The molecular weight excluding hydrogens is 226 g/mol. The maximum atomic E-state index is 6.17. The number of ether oxygens (including phenoxy) is 2. The third-order valence-electron chi connectivity index (χ3n) is 3.26. The predicted octanol–water partition coefficient (Wildman–Crippen LogP) is 2.69. The van der Waals surface area contributed by atoms with Gasteiger partial charge in [-0.25, -0.2) is 0 Å². The Bertz CT molecular complexity index is 366. The van der Waals surface area contributed by atoms with Gasteiger partial charge in [0, 0.05) is 13.2 Å². The van der Waals surface area contributed by atoms with Crippen LogP contribution in [0, 0.1) is 6.92 Å². The van der Waals surface area contributed by atoms with Gasteiger partial charge in [-0.15, -0.1) is 0 Å². The molecule has 1 aromatic carbocycles. The molecule has 0 fully saturated rings. The molecular formula is C15H25NO2. The Hall–Kier alpha value is -1.06. The molecule has 3 heteroatoms. The van der Waals surface area contributed by atoms with Crippen LogP contribution in [0.4, 0.5) is 0 Å². The number of hydrogen-bond donors (Lipinski definition) is 1. The molecule has 0 saturated heterocycles. The number of methoxy groups -OCH3 is 2. The van der Waals surface area contributed by atoms with Crippen LogP contribution in [0.1, 0.15) is 30.9 Å². The van der Waals surface area contributed by atoms with Crippen molar-refractivity contribution in [1.82, 2.24) is 0 Å². The van der Waals surface area contributed by atoms with E-state index in [9.17, 15) is 0 Å². The van der Waals surface area contributed by atoms with Gasteiger partial charge in [0.2, 0.25) is 0 Å². The SMILES string of the molecule is COc1ccc(C)cc1CC(N)CCC(C)OC. The van der Waals surface area contributed by atoms with Gasteiger partial charge in [-0.3, -0.25) is 0 Å². The Balaban J connectivity index is 2.57. The van der Waals surface area contributed by atoms with E-state index in [2.05, 4.69) is 26.0 Å². The lowest BCUT2D eigenvalue weighted by molar-refractivity contribution is 0.107. The lowest BCUT2D eigenvalue weighted by atomic mass is 9.99. The van der Waals surface area contributed by atoms with Crippen LogP contribution in [0.2, 0.25) is 0 Å². The zero-order chi connectivity index (χ0) is 13.5. The van der Waals surface area contributed by atoms with Crippen molar-refractivity contribution in [2.75, 3.05) is 14.2 Å². The minimum Gasteiger partial charge on any atom is -0.496 e. The molecule has 0 heterocycles. The van der Waals surface area contributed by atoms with Crippen molar-refractivity contribution in [1.29, 1.82) is 0 Å². The molecule has 0 bridgehead atoms. The van der Waals surface area contributed by atoms with Crippen molar-refractivity contribution in [2.45, 2.75) is 45.3 Å². The van der Waals surface area contributed by atoms with Crippen molar-refractivity contribution >= 4 is 0 Å². The van der Waals surface area contributed by atoms with Crippen LogP contribution in [0.5, 0.6) is 5.75 Å². The number of nitrogens with two attached hydrogens (primary N) is 1. The fourth-order valence-corrected chi connectivity index (χ4v) is 2.02. The molecule has 1 aromatic rings. The van der Waals surface area contributed by atoms with Crippen LogP contribution in [0.15, 0.2) is 18.2 Å². The summed E-state index contributed by atoms with van der Waals surface area (Å²) in [7, 11) is 3.44. The van der Waals surface area contributed by atoms with Gasteiger partial charge in [0.25, 0.3) is 0 Å². The quantitative estimate of drug-likeness (QED) is 0.810. The number of aryl methyl sites for hydroxylation is 1. The van der Waals surface area contributed by atoms with Crippen molar-refractivity contribution in [3.05, 3.63) is 29.3 Å². The molecule has 0 radical (unpaired) electrons. The first-order chi connectivity index (χ1) is 8.56. The molecule has 2 atom stereocenters. The Morgan fingerprint density at radius 2 is 1.94 bits per heavy atom. The first-order valence-electron chi connectivity index (χ1n) is 6.48. The lowest BCUT2D eigenvalue weighted by Crippen LogP contribution is -2.24. The molecule has 0 aliphatic rings. The second-order valence-corrected chi connectivity index (χ2v) is 4.90. The van der Waals surface area contributed by atoms with Gasteiger partial charge in [-0.1, -0.05) is 17.7 Å². The maximum absolute atomic E-state index is 6.17. The summed E-state index contributed by atoms with van der Waals surface area (Å²) in [6.45, 7) is 4.15. The summed E-state index contributed by atoms with van der Waals surface area (Å²) in [5, 5.41) is 0. The Morgan fingerprint density at radius 1 is 1.22 bits per heavy atom. The van der Waals surface area contributed by atoms with Crippen LogP contribution in [0.3, 0.4) is 0 Å². The Kier molecular flexibility index (Phi) is 6.16. The first-order valence-corrected chi connectivity index (χ1v) is 6.48. The first kappa shape index (κ1) is 15.0. The zero-order valence-corrected chi connectivity index (χ0v) is 11.9. The van der Waals surface area contributed by atoms with Gasteiger partial charge in [-0.05, 0) is 44.7 Å². The van der Waals surface area contributed by atoms with Gasteiger partial charge >= 0.3 is 0 Å². The van der Waals surface area contributed by atoms with Crippen LogP contribution < -0.4 is 10.5 Å². The second-order valence-electron chi connectivity index (χ2n) is 4.90. The van der Waals surface area contributed by atoms with Crippen molar-refractivity contribution < 1.29 is 9.47 Å². The summed E-state index contributed by atoms with van der Waals surface area (Å²) in [6.07, 6.45) is 3.08. The Morgan fingerprint density at radius 3 is 2.56 bits per heavy atom. The summed E-state index contributed by atoms with van der Waals surface area (Å²) >= 11 is 0. The van der Waals surface area contributed by atoms with Gasteiger partial charge in [0.05, 0.1) is 13.2 Å². The topological polar surface area (TPSA) is 44.5 Å².